The summed E-state index contributed by atoms with van der Waals surface area (Å²) in [6.45, 7) is 8.10. The summed E-state index contributed by atoms with van der Waals surface area (Å²) in [6, 6.07) is 6.60. The molecule has 2 heterocycles. The quantitative estimate of drug-likeness (QED) is 0.920. The van der Waals surface area contributed by atoms with Gasteiger partial charge >= 0.3 is 0 Å². The predicted molar refractivity (Wildman–Crippen MR) is 82.4 cm³/mol. The number of benzene rings is 1. The van der Waals surface area contributed by atoms with Crippen LogP contribution in [0.15, 0.2) is 24.8 Å². The lowest BCUT2D eigenvalue weighted by molar-refractivity contribution is 0.644. The maximum absolute atomic E-state index is 4.80. The fraction of sp³-hybridized carbons (Fsp3) is 0.312. The molecule has 1 aromatic carbocycles. The van der Waals surface area contributed by atoms with E-state index >= 15 is 0 Å². The van der Waals surface area contributed by atoms with Crippen LogP contribution in [0.1, 0.15) is 28.6 Å². The van der Waals surface area contributed by atoms with Gasteiger partial charge in [-0.3, -0.25) is 0 Å². The van der Waals surface area contributed by atoms with Crippen LogP contribution in [0.3, 0.4) is 0 Å². The Balaban J connectivity index is 2.02. The highest BCUT2D eigenvalue weighted by atomic mass is 32.1. The molecule has 0 radical (unpaired) electrons. The van der Waals surface area contributed by atoms with Crippen LogP contribution in [0, 0.1) is 0 Å². The number of aromatic nitrogens is 1. The Labute approximate surface area is 118 Å². The van der Waals surface area contributed by atoms with E-state index in [1.807, 2.05) is 17.4 Å². The molecular weight excluding hydrogens is 252 g/mol. The molecule has 1 aromatic heterocycles. The van der Waals surface area contributed by atoms with E-state index in [4.69, 9.17) is 4.98 Å². The molecule has 0 saturated carbocycles. The first-order chi connectivity index (χ1) is 9.31. The molecule has 0 unspecified atom stereocenters. The van der Waals surface area contributed by atoms with Gasteiger partial charge in [-0.1, -0.05) is 31.7 Å². The van der Waals surface area contributed by atoms with Crippen LogP contribution in [0.25, 0.3) is 16.6 Å². The number of aryl methyl sites for hydroxylation is 1. The van der Waals surface area contributed by atoms with Crippen LogP contribution < -0.4 is 5.32 Å². The molecule has 0 saturated heterocycles. The zero-order valence-corrected chi connectivity index (χ0v) is 12.0. The number of thiazole rings is 1. The normalized spacial score (nSPS) is 14.2. The molecular formula is C16H18N2S. The van der Waals surface area contributed by atoms with Crippen LogP contribution in [0.4, 0.5) is 0 Å². The van der Waals surface area contributed by atoms with Gasteiger partial charge in [-0.15, -0.1) is 11.3 Å². The molecule has 0 aliphatic carbocycles. The zero-order valence-electron chi connectivity index (χ0n) is 11.2. The van der Waals surface area contributed by atoms with E-state index in [-0.39, 0.29) is 0 Å². The minimum atomic E-state index is 0.967. The molecule has 1 aliphatic rings. The van der Waals surface area contributed by atoms with Crippen molar-refractivity contribution >= 4 is 17.4 Å². The largest absolute Gasteiger partial charge is 0.311 e. The van der Waals surface area contributed by atoms with E-state index in [1.165, 1.54) is 27.3 Å². The van der Waals surface area contributed by atoms with Gasteiger partial charge in [0, 0.05) is 30.0 Å². The number of hydrogen-bond donors (Lipinski definition) is 1. The van der Waals surface area contributed by atoms with Gasteiger partial charge in [0.05, 0.1) is 5.69 Å². The van der Waals surface area contributed by atoms with Crippen LogP contribution in [-0.2, 0) is 19.4 Å². The summed E-state index contributed by atoms with van der Waals surface area (Å²) in [7, 11) is 0. The summed E-state index contributed by atoms with van der Waals surface area (Å²) in [4.78, 5) is 6.19. The van der Waals surface area contributed by atoms with Gasteiger partial charge in [0.25, 0.3) is 0 Å². The Hall–Kier alpha value is -1.45. The Kier molecular flexibility index (Phi) is 3.49. The van der Waals surface area contributed by atoms with Gasteiger partial charge in [-0.05, 0) is 23.6 Å². The molecule has 19 heavy (non-hydrogen) atoms. The van der Waals surface area contributed by atoms with Crippen molar-refractivity contribution in [2.75, 3.05) is 6.54 Å². The second-order valence-electron chi connectivity index (χ2n) is 4.79. The standard InChI is InChI=1S/C16H18N2S/c1-3-11-5-6-13(9-12(11)4-2)16-18-14-7-8-17-10-15(14)19-16/h4-6,9,17H,2-3,7-8,10H2,1H3. The lowest BCUT2D eigenvalue weighted by atomic mass is 10.0. The van der Waals surface area contributed by atoms with Gasteiger partial charge < -0.3 is 5.32 Å². The first-order valence-electron chi connectivity index (χ1n) is 6.77. The smallest absolute Gasteiger partial charge is 0.123 e. The third-order valence-corrected chi connectivity index (χ3v) is 4.74. The van der Waals surface area contributed by atoms with E-state index in [1.54, 1.807) is 0 Å². The van der Waals surface area contributed by atoms with Crippen LogP contribution in [-0.4, -0.2) is 11.5 Å². The van der Waals surface area contributed by atoms with Crippen molar-refractivity contribution in [1.82, 2.24) is 10.3 Å². The van der Waals surface area contributed by atoms with Gasteiger partial charge in [-0.2, -0.15) is 0 Å². The zero-order chi connectivity index (χ0) is 13.2. The third kappa shape index (κ3) is 2.36. The first kappa shape index (κ1) is 12.6. The van der Waals surface area contributed by atoms with Gasteiger partial charge in [-0.25, -0.2) is 4.98 Å². The SMILES string of the molecule is C=Cc1cc(-c2nc3c(s2)CNCC3)ccc1CC. The Morgan fingerprint density at radius 1 is 1.47 bits per heavy atom. The second-order valence-corrected chi connectivity index (χ2v) is 5.87. The van der Waals surface area contributed by atoms with Crippen molar-refractivity contribution in [3.05, 3.63) is 46.5 Å². The topological polar surface area (TPSA) is 24.9 Å². The van der Waals surface area contributed by atoms with Crippen LogP contribution >= 0.6 is 11.3 Å². The summed E-state index contributed by atoms with van der Waals surface area (Å²) < 4.78 is 0. The van der Waals surface area contributed by atoms with Crippen LogP contribution in [0.2, 0.25) is 0 Å². The highest BCUT2D eigenvalue weighted by Gasteiger charge is 2.15. The number of fused-ring (bicyclic) bond motifs is 1. The molecule has 1 aliphatic heterocycles. The van der Waals surface area contributed by atoms with Crippen molar-refractivity contribution in [2.24, 2.45) is 0 Å². The second kappa shape index (κ2) is 5.27. The Morgan fingerprint density at radius 2 is 2.37 bits per heavy atom. The molecule has 0 bridgehead atoms. The van der Waals surface area contributed by atoms with Crippen molar-refractivity contribution < 1.29 is 0 Å². The average molecular weight is 270 g/mol. The molecule has 98 valence electrons. The van der Waals surface area contributed by atoms with Crippen molar-refractivity contribution in [2.45, 2.75) is 26.3 Å². The summed E-state index contributed by atoms with van der Waals surface area (Å²) in [5.74, 6) is 0. The predicted octanol–water partition coefficient (Wildman–Crippen LogP) is 3.66. The van der Waals surface area contributed by atoms with E-state index in [9.17, 15) is 0 Å². The minimum Gasteiger partial charge on any atom is -0.311 e. The summed E-state index contributed by atoms with van der Waals surface area (Å²) >= 11 is 1.81. The summed E-state index contributed by atoms with van der Waals surface area (Å²) in [6.07, 6.45) is 4.03. The molecule has 0 fully saturated rings. The monoisotopic (exact) mass is 270 g/mol. The molecule has 0 atom stereocenters. The fourth-order valence-electron chi connectivity index (χ4n) is 2.49. The van der Waals surface area contributed by atoms with Gasteiger partial charge in [0.2, 0.25) is 0 Å². The number of nitrogens with zero attached hydrogens (tertiary/aromatic N) is 1. The third-order valence-electron chi connectivity index (χ3n) is 3.60. The van der Waals surface area contributed by atoms with Crippen LogP contribution in [0.5, 0.6) is 0 Å². The Morgan fingerprint density at radius 3 is 3.11 bits per heavy atom. The lowest BCUT2D eigenvalue weighted by Gasteiger charge is -2.09. The number of nitrogens with one attached hydrogen (secondary N) is 1. The van der Waals surface area contributed by atoms with Crippen molar-refractivity contribution in [3.8, 4) is 10.6 Å². The highest BCUT2D eigenvalue weighted by molar-refractivity contribution is 7.15. The summed E-state index contributed by atoms with van der Waals surface area (Å²) in [5.41, 5.74) is 5.07. The van der Waals surface area contributed by atoms with Crippen molar-refractivity contribution in [1.29, 1.82) is 0 Å². The molecule has 2 aromatic rings. The van der Waals surface area contributed by atoms with Gasteiger partial charge in [0.1, 0.15) is 5.01 Å². The van der Waals surface area contributed by atoms with Gasteiger partial charge in [0.15, 0.2) is 0 Å². The average Bonchev–Trinajstić information content (AvgIpc) is 2.90. The highest BCUT2D eigenvalue weighted by Crippen LogP contribution is 2.31. The lowest BCUT2D eigenvalue weighted by Crippen LogP contribution is -2.22. The van der Waals surface area contributed by atoms with E-state index in [0.29, 0.717) is 0 Å². The minimum absolute atomic E-state index is 0.967. The van der Waals surface area contributed by atoms with E-state index in [2.05, 4.69) is 37.0 Å². The number of rotatable bonds is 3. The molecule has 3 rings (SSSR count). The molecule has 0 amide bonds. The molecule has 1 N–H and O–H groups in total. The molecule has 3 heteroatoms. The maximum atomic E-state index is 4.80. The summed E-state index contributed by atoms with van der Waals surface area (Å²) in [5, 5.41) is 4.54. The first-order valence-corrected chi connectivity index (χ1v) is 7.58. The Bertz CT molecular complexity index is 590. The maximum Gasteiger partial charge on any atom is 0.123 e. The fourth-order valence-corrected chi connectivity index (χ4v) is 3.56. The molecule has 2 nitrogen and oxygen atoms in total. The van der Waals surface area contributed by atoms with E-state index in [0.717, 1.165) is 30.9 Å². The molecule has 0 spiro atoms. The number of hydrogen-bond acceptors (Lipinski definition) is 3. The van der Waals surface area contributed by atoms with Crippen molar-refractivity contribution in [3.63, 3.8) is 0 Å². The van der Waals surface area contributed by atoms with E-state index < -0.39 is 0 Å².